The number of amides is 3. The van der Waals surface area contributed by atoms with E-state index in [1.807, 2.05) is 6.07 Å². The zero-order valence-corrected chi connectivity index (χ0v) is 17.4. The number of rotatable bonds is 3. The molecule has 0 saturated carbocycles. The summed E-state index contributed by atoms with van der Waals surface area (Å²) in [5.74, 6) is 2.91. The Balaban J connectivity index is 1.44. The lowest BCUT2D eigenvalue weighted by atomic mass is 9.96. The van der Waals surface area contributed by atoms with Gasteiger partial charge < -0.3 is 4.90 Å². The van der Waals surface area contributed by atoms with Crippen LogP contribution in [0.4, 0.5) is 8.78 Å². The fourth-order valence-corrected chi connectivity index (χ4v) is 4.51. The fourth-order valence-electron chi connectivity index (χ4n) is 4.51. The number of hydrogen-bond donors (Lipinski definition) is 1. The molecule has 2 fully saturated rings. The van der Waals surface area contributed by atoms with Crippen LogP contribution in [0.1, 0.15) is 54.1 Å². The van der Waals surface area contributed by atoms with Gasteiger partial charge in [-0.1, -0.05) is 17.9 Å². The van der Waals surface area contributed by atoms with Crippen LogP contribution < -0.4 is 5.32 Å². The van der Waals surface area contributed by atoms with E-state index in [0.717, 1.165) is 30.9 Å². The van der Waals surface area contributed by atoms with Crippen molar-refractivity contribution < 1.29 is 23.2 Å². The minimum absolute atomic E-state index is 0.126. The molecule has 2 saturated heterocycles. The van der Waals surface area contributed by atoms with Crippen LogP contribution >= 0.6 is 0 Å². The number of likely N-dealkylation sites (tertiary alicyclic amines) is 1. The first-order valence-electron chi connectivity index (χ1n) is 10.6. The highest BCUT2D eigenvalue weighted by Gasteiger charge is 2.39. The van der Waals surface area contributed by atoms with Gasteiger partial charge in [-0.25, -0.2) is 8.78 Å². The topological polar surface area (TPSA) is 69.7 Å². The zero-order chi connectivity index (χ0) is 22.2. The molecule has 0 spiro atoms. The smallest absolute Gasteiger partial charge is 0.257 e. The van der Waals surface area contributed by atoms with E-state index in [-0.39, 0.29) is 37.2 Å². The second kappa shape index (κ2) is 8.39. The lowest BCUT2D eigenvalue weighted by molar-refractivity contribution is -0.136. The first-order chi connectivity index (χ1) is 14.7. The lowest BCUT2D eigenvalue weighted by Gasteiger charge is -2.31. The van der Waals surface area contributed by atoms with E-state index >= 15 is 0 Å². The van der Waals surface area contributed by atoms with Gasteiger partial charge in [0.25, 0.3) is 11.8 Å². The van der Waals surface area contributed by atoms with Crippen LogP contribution in [-0.4, -0.2) is 59.1 Å². The molecule has 0 bridgehead atoms. The van der Waals surface area contributed by atoms with Crippen molar-refractivity contribution in [3.63, 3.8) is 0 Å². The Hall–Kier alpha value is -2.79. The number of carbonyl (C=O) groups is 3. The maximum atomic E-state index is 13.2. The SMILES string of the molecule is CC(F)(F)CN1CCC(C#Cc2cccc3c2CN(C2CCC(=O)NC2=O)C3=O)CC1. The van der Waals surface area contributed by atoms with E-state index in [4.69, 9.17) is 0 Å². The van der Waals surface area contributed by atoms with Gasteiger partial charge in [-0.2, -0.15) is 0 Å². The first-order valence-corrected chi connectivity index (χ1v) is 10.6. The van der Waals surface area contributed by atoms with Gasteiger partial charge >= 0.3 is 0 Å². The molecule has 1 unspecified atom stereocenters. The van der Waals surface area contributed by atoms with Crippen molar-refractivity contribution in [3.05, 3.63) is 34.9 Å². The van der Waals surface area contributed by atoms with E-state index in [1.54, 1.807) is 17.0 Å². The molecule has 4 rings (SSSR count). The molecular formula is C23H25F2N3O3. The Morgan fingerprint density at radius 3 is 2.58 bits per heavy atom. The van der Waals surface area contributed by atoms with Crippen molar-refractivity contribution in [1.29, 1.82) is 0 Å². The molecule has 31 heavy (non-hydrogen) atoms. The molecule has 3 aliphatic heterocycles. The quantitative estimate of drug-likeness (QED) is 0.591. The van der Waals surface area contributed by atoms with Crippen molar-refractivity contribution in [2.24, 2.45) is 5.92 Å². The summed E-state index contributed by atoms with van der Waals surface area (Å²) in [6.45, 7) is 2.19. The Bertz CT molecular complexity index is 969. The molecule has 3 aliphatic rings. The maximum Gasteiger partial charge on any atom is 0.257 e. The van der Waals surface area contributed by atoms with Crippen LogP contribution in [0.15, 0.2) is 18.2 Å². The number of piperidine rings is 2. The predicted octanol–water partition coefficient (Wildman–Crippen LogP) is 2.17. The average Bonchev–Trinajstić information content (AvgIpc) is 3.03. The molecule has 0 aromatic heterocycles. The van der Waals surface area contributed by atoms with Crippen LogP contribution in [0.2, 0.25) is 0 Å². The van der Waals surface area contributed by atoms with E-state index < -0.39 is 17.9 Å². The molecule has 1 aromatic carbocycles. The normalized spacial score (nSPS) is 22.7. The summed E-state index contributed by atoms with van der Waals surface area (Å²) in [5, 5.41) is 2.30. The molecule has 1 atom stereocenters. The van der Waals surface area contributed by atoms with Gasteiger partial charge in [-0.3, -0.25) is 24.6 Å². The minimum atomic E-state index is -2.69. The Morgan fingerprint density at radius 1 is 1.16 bits per heavy atom. The number of halogens is 2. The lowest BCUT2D eigenvalue weighted by Crippen LogP contribution is -2.52. The highest BCUT2D eigenvalue weighted by Crippen LogP contribution is 2.30. The molecule has 3 amide bonds. The number of benzene rings is 1. The van der Waals surface area contributed by atoms with Gasteiger partial charge in [0.1, 0.15) is 6.04 Å². The molecule has 6 nitrogen and oxygen atoms in total. The summed E-state index contributed by atoms with van der Waals surface area (Å²) in [6.07, 6.45) is 2.01. The Labute approximate surface area is 180 Å². The van der Waals surface area contributed by atoms with Crippen LogP contribution in [0.5, 0.6) is 0 Å². The van der Waals surface area contributed by atoms with E-state index in [2.05, 4.69) is 17.2 Å². The van der Waals surface area contributed by atoms with Crippen molar-refractivity contribution in [3.8, 4) is 11.8 Å². The predicted molar refractivity (Wildman–Crippen MR) is 109 cm³/mol. The van der Waals surface area contributed by atoms with Gasteiger partial charge in [0, 0.05) is 36.9 Å². The zero-order valence-electron chi connectivity index (χ0n) is 17.4. The number of carbonyl (C=O) groups excluding carboxylic acids is 3. The largest absolute Gasteiger partial charge is 0.322 e. The molecule has 3 heterocycles. The van der Waals surface area contributed by atoms with Gasteiger partial charge in [-0.15, -0.1) is 0 Å². The number of imide groups is 1. The van der Waals surface area contributed by atoms with Gasteiger partial charge in [0.2, 0.25) is 11.8 Å². The Morgan fingerprint density at radius 2 is 1.90 bits per heavy atom. The first kappa shape index (κ1) is 21.4. The minimum Gasteiger partial charge on any atom is -0.322 e. The highest BCUT2D eigenvalue weighted by molar-refractivity contribution is 6.05. The van der Waals surface area contributed by atoms with Crippen LogP contribution in [0.25, 0.3) is 0 Å². The van der Waals surface area contributed by atoms with Crippen LogP contribution in [-0.2, 0) is 16.1 Å². The maximum absolute atomic E-state index is 13.2. The third-order valence-corrected chi connectivity index (χ3v) is 6.08. The molecule has 164 valence electrons. The van der Waals surface area contributed by atoms with Crippen molar-refractivity contribution in [1.82, 2.24) is 15.1 Å². The number of fused-ring (bicyclic) bond motifs is 1. The van der Waals surface area contributed by atoms with Crippen molar-refractivity contribution in [2.45, 2.75) is 51.1 Å². The van der Waals surface area contributed by atoms with E-state index in [0.29, 0.717) is 25.1 Å². The van der Waals surface area contributed by atoms with Crippen LogP contribution in [0, 0.1) is 17.8 Å². The van der Waals surface area contributed by atoms with Crippen molar-refractivity contribution in [2.75, 3.05) is 19.6 Å². The summed E-state index contributed by atoms with van der Waals surface area (Å²) in [5.41, 5.74) is 2.09. The van der Waals surface area contributed by atoms with E-state index in [1.165, 1.54) is 4.90 Å². The molecule has 8 heteroatoms. The third-order valence-electron chi connectivity index (χ3n) is 6.08. The second-order valence-electron chi connectivity index (χ2n) is 8.62. The average molecular weight is 429 g/mol. The standard InChI is InChI=1S/C23H25F2N3O3/c1-23(24,25)14-27-11-9-15(10-12-27)5-6-16-3-2-4-17-18(16)13-28(22(17)31)19-7-8-20(29)26-21(19)30/h2-4,15,19H,7-14H2,1H3,(H,26,29,30). The molecule has 1 aromatic rings. The summed E-state index contributed by atoms with van der Waals surface area (Å²) >= 11 is 0. The van der Waals surface area contributed by atoms with Gasteiger partial charge in [0.05, 0.1) is 6.54 Å². The fraction of sp³-hybridized carbons (Fsp3) is 0.522. The van der Waals surface area contributed by atoms with E-state index in [9.17, 15) is 23.2 Å². The van der Waals surface area contributed by atoms with Crippen LogP contribution in [0.3, 0.4) is 0 Å². The molecule has 0 aliphatic carbocycles. The monoisotopic (exact) mass is 429 g/mol. The summed E-state index contributed by atoms with van der Waals surface area (Å²) in [6, 6.07) is 4.72. The number of hydrogen-bond acceptors (Lipinski definition) is 4. The molecule has 1 N–H and O–H groups in total. The van der Waals surface area contributed by atoms with Gasteiger partial charge in [-0.05, 0) is 50.0 Å². The van der Waals surface area contributed by atoms with Crippen molar-refractivity contribution >= 4 is 17.7 Å². The number of nitrogens with one attached hydrogen (secondary N) is 1. The summed E-state index contributed by atoms with van der Waals surface area (Å²) < 4.78 is 26.4. The molecule has 0 radical (unpaired) electrons. The third kappa shape index (κ3) is 4.77. The summed E-state index contributed by atoms with van der Waals surface area (Å²) in [4.78, 5) is 39.8. The number of alkyl halides is 2. The van der Waals surface area contributed by atoms with Gasteiger partial charge in [0.15, 0.2) is 0 Å². The number of nitrogens with zero attached hydrogens (tertiary/aromatic N) is 2. The highest BCUT2D eigenvalue weighted by atomic mass is 19.3. The molecular weight excluding hydrogens is 404 g/mol. The summed E-state index contributed by atoms with van der Waals surface area (Å²) in [7, 11) is 0. The second-order valence-corrected chi connectivity index (χ2v) is 8.62. The Kier molecular flexibility index (Phi) is 5.80.